The molecular weight excluding hydrogens is 255 g/mol. The first-order valence-electron chi connectivity index (χ1n) is 6.00. The lowest BCUT2D eigenvalue weighted by molar-refractivity contribution is -0.274. The molecule has 0 saturated heterocycles. The zero-order chi connectivity index (χ0) is 14.5. The molecule has 1 atom stereocenters. The summed E-state index contributed by atoms with van der Waals surface area (Å²) in [5, 5.41) is 3.26. The van der Waals surface area contributed by atoms with Gasteiger partial charge < -0.3 is 10.1 Å². The molecule has 0 aliphatic rings. The average molecular weight is 273 g/mol. The van der Waals surface area contributed by atoms with Crippen LogP contribution in [0.15, 0.2) is 35.9 Å². The summed E-state index contributed by atoms with van der Waals surface area (Å²) in [7, 11) is 0. The minimum Gasteiger partial charge on any atom is -0.406 e. The number of hydrogen-bond donors (Lipinski definition) is 1. The van der Waals surface area contributed by atoms with Crippen molar-refractivity contribution in [3.8, 4) is 5.75 Å². The van der Waals surface area contributed by atoms with Gasteiger partial charge in [0.1, 0.15) is 5.75 Å². The third-order valence-electron chi connectivity index (χ3n) is 2.55. The van der Waals surface area contributed by atoms with Crippen molar-refractivity contribution in [1.82, 2.24) is 5.32 Å². The number of alkyl halides is 3. The van der Waals surface area contributed by atoms with E-state index in [4.69, 9.17) is 0 Å². The molecule has 19 heavy (non-hydrogen) atoms. The molecular formula is C14H18F3NO. The molecule has 1 aromatic rings. The molecule has 106 valence electrons. The standard InChI is InChI=1S/C14H18F3NO/c1-10(2)8-9-18-11(3)12-4-6-13(7-5-12)19-14(15,16)17/h4-8,11,18H,9H2,1-3H3. The van der Waals surface area contributed by atoms with E-state index in [1.54, 1.807) is 12.1 Å². The Kier molecular flexibility index (Phi) is 5.42. The van der Waals surface area contributed by atoms with Crippen LogP contribution in [0.25, 0.3) is 0 Å². The third kappa shape index (κ3) is 6.29. The van der Waals surface area contributed by atoms with Crippen LogP contribution in [-0.2, 0) is 0 Å². The number of halogens is 3. The van der Waals surface area contributed by atoms with E-state index in [2.05, 4.69) is 16.1 Å². The molecule has 0 bridgehead atoms. The molecule has 0 spiro atoms. The van der Waals surface area contributed by atoms with Gasteiger partial charge in [0.2, 0.25) is 0 Å². The molecule has 0 heterocycles. The minimum atomic E-state index is -4.64. The molecule has 0 aliphatic carbocycles. The fraction of sp³-hybridized carbons (Fsp3) is 0.429. The Labute approximate surface area is 111 Å². The summed E-state index contributed by atoms with van der Waals surface area (Å²) in [6, 6.07) is 5.96. The van der Waals surface area contributed by atoms with Gasteiger partial charge in [-0.15, -0.1) is 13.2 Å². The van der Waals surface area contributed by atoms with E-state index in [0.717, 1.165) is 12.1 Å². The van der Waals surface area contributed by atoms with Gasteiger partial charge in [-0.2, -0.15) is 0 Å². The highest BCUT2D eigenvalue weighted by molar-refractivity contribution is 5.29. The summed E-state index contributed by atoms with van der Waals surface area (Å²) >= 11 is 0. The normalized spacial score (nSPS) is 12.9. The average Bonchev–Trinajstić information content (AvgIpc) is 2.27. The minimum absolute atomic E-state index is 0.0653. The maximum absolute atomic E-state index is 12.0. The van der Waals surface area contributed by atoms with Crippen molar-refractivity contribution in [2.24, 2.45) is 0 Å². The smallest absolute Gasteiger partial charge is 0.406 e. The number of ether oxygens (including phenoxy) is 1. The Hall–Kier alpha value is -1.49. The molecule has 0 fully saturated rings. The Balaban J connectivity index is 2.58. The molecule has 0 amide bonds. The van der Waals surface area contributed by atoms with E-state index < -0.39 is 6.36 Å². The SMILES string of the molecule is CC(C)=CCNC(C)c1ccc(OC(F)(F)F)cc1. The van der Waals surface area contributed by atoms with Gasteiger partial charge in [0.25, 0.3) is 0 Å². The summed E-state index contributed by atoms with van der Waals surface area (Å²) in [5.41, 5.74) is 2.13. The van der Waals surface area contributed by atoms with E-state index >= 15 is 0 Å². The van der Waals surface area contributed by atoms with Gasteiger partial charge in [-0.25, -0.2) is 0 Å². The van der Waals surface area contributed by atoms with Crippen molar-refractivity contribution in [2.45, 2.75) is 33.2 Å². The van der Waals surface area contributed by atoms with E-state index in [9.17, 15) is 13.2 Å². The lowest BCUT2D eigenvalue weighted by Gasteiger charge is -2.14. The van der Waals surface area contributed by atoms with Crippen LogP contribution >= 0.6 is 0 Å². The molecule has 0 aromatic heterocycles. The Morgan fingerprint density at radius 2 is 1.84 bits per heavy atom. The van der Waals surface area contributed by atoms with Gasteiger partial charge in [0.05, 0.1) is 0 Å². The molecule has 1 N–H and O–H groups in total. The predicted octanol–water partition coefficient (Wildman–Crippen LogP) is 4.20. The van der Waals surface area contributed by atoms with Crippen LogP contribution in [-0.4, -0.2) is 12.9 Å². The predicted molar refractivity (Wildman–Crippen MR) is 69.0 cm³/mol. The number of benzene rings is 1. The summed E-state index contributed by atoms with van der Waals surface area (Å²) < 4.78 is 39.8. The molecule has 0 radical (unpaired) electrons. The Bertz CT molecular complexity index is 419. The zero-order valence-corrected chi connectivity index (χ0v) is 11.2. The molecule has 1 rings (SSSR count). The second-order valence-electron chi connectivity index (χ2n) is 4.53. The maximum atomic E-state index is 12.0. The van der Waals surface area contributed by atoms with E-state index in [1.807, 2.05) is 20.8 Å². The number of nitrogens with one attached hydrogen (secondary N) is 1. The van der Waals surface area contributed by atoms with Crippen LogP contribution in [0.3, 0.4) is 0 Å². The number of rotatable bonds is 5. The van der Waals surface area contributed by atoms with Gasteiger partial charge in [-0.3, -0.25) is 0 Å². The number of allylic oxidation sites excluding steroid dienone is 1. The first-order chi connectivity index (χ1) is 8.78. The highest BCUT2D eigenvalue weighted by Gasteiger charge is 2.30. The van der Waals surface area contributed by atoms with Crippen LogP contribution in [0, 0.1) is 0 Å². The van der Waals surface area contributed by atoms with Crippen LogP contribution in [0.5, 0.6) is 5.75 Å². The fourth-order valence-electron chi connectivity index (χ4n) is 1.52. The van der Waals surface area contributed by atoms with Crippen LogP contribution in [0.2, 0.25) is 0 Å². The van der Waals surface area contributed by atoms with E-state index in [1.165, 1.54) is 17.7 Å². The largest absolute Gasteiger partial charge is 0.573 e. The highest BCUT2D eigenvalue weighted by Crippen LogP contribution is 2.24. The summed E-state index contributed by atoms with van der Waals surface area (Å²) in [6.45, 7) is 6.70. The van der Waals surface area contributed by atoms with Crippen molar-refractivity contribution < 1.29 is 17.9 Å². The molecule has 5 heteroatoms. The lowest BCUT2D eigenvalue weighted by Crippen LogP contribution is -2.19. The fourth-order valence-corrected chi connectivity index (χ4v) is 1.52. The van der Waals surface area contributed by atoms with Gasteiger partial charge in [-0.05, 0) is 38.5 Å². The van der Waals surface area contributed by atoms with Gasteiger partial charge >= 0.3 is 6.36 Å². The van der Waals surface area contributed by atoms with Crippen LogP contribution in [0.1, 0.15) is 32.4 Å². The second-order valence-corrected chi connectivity index (χ2v) is 4.53. The third-order valence-corrected chi connectivity index (χ3v) is 2.55. The van der Waals surface area contributed by atoms with Crippen molar-refractivity contribution in [3.63, 3.8) is 0 Å². The first kappa shape index (κ1) is 15.6. The van der Waals surface area contributed by atoms with Gasteiger partial charge in [0, 0.05) is 12.6 Å². The summed E-state index contributed by atoms with van der Waals surface area (Å²) in [5.74, 6) is -0.201. The van der Waals surface area contributed by atoms with Gasteiger partial charge in [0.15, 0.2) is 0 Å². The lowest BCUT2D eigenvalue weighted by atomic mass is 10.1. The topological polar surface area (TPSA) is 21.3 Å². The molecule has 0 aliphatic heterocycles. The molecule has 1 unspecified atom stereocenters. The summed E-state index contributed by atoms with van der Waals surface area (Å²) in [4.78, 5) is 0. The van der Waals surface area contributed by atoms with Crippen molar-refractivity contribution >= 4 is 0 Å². The van der Waals surface area contributed by atoms with E-state index in [-0.39, 0.29) is 11.8 Å². The second kappa shape index (κ2) is 6.61. The quantitative estimate of drug-likeness (QED) is 0.812. The van der Waals surface area contributed by atoms with Crippen molar-refractivity contribution in [3.05, 3.63) is 41.5 Å². The van der Waals surface area contributed by atoms with Crippen LogP contribution < -0.4 is 10.1 Å². The Morgan fingerprint density at radius 1 is 1.26 bits per heavy atom. The Morgan fingerprint density at radius 3 is 2.32 bits per heavy atom. The number of hydrogen-bond acceptors (Lipinski definition) is 2. The maximum Gasteiger partial charge on any atom is 0.573 e. The molecule has 1 aromatic carbocycles. The molecule has 0 saturated carbocycles. The zero-order valence-electron chi connectivity index (χ0n) is 11.2. The molecule has 2 nitrogen and oxygen atoms in total. The summed E-state index contributed by atoms with van der Waals surface area (Å²) in [6.07, 6.45) is -2.59. The van der Waals surface area contributed by atoms with Gasteiger partial charge in [-0.1, -0.05) is 23.8 Å². The van der Waals surface area contributed by atoms with Crippen LogP contribution in [0.4, 0.5) is 13.2 Å². The van der Waals surface area contributed by atoms with Crippen molar-refractivity contribution in [1.29, 1.82) is 0 Å². The van der Waals surface area contributed by atoms with Crippen molar-refractivity contribution in [2.75, 3.05) is 6.54 Å². The monoisotopic (exact) mass is 273 g/mol. The van der Waals surface area contributed by atoms with E-state index in [0.29, 0.717) is 0 Å². The highest BCUT2D eigenvalue weighted by atomic mass is 19.4. The first-order valence-corrected chi connectivity index (χ1v) is 6.00.